The largest absolute Gasteiger partial charge is 0.387 e. The Morgan fingerprint density at radius 2 is 1.83 bits per heavy atom. The summed E-state index contributed by atoms with van der Waals surface area (Å²) in [5.41, 5.74) is -0.563. The van der Waals surface area contributed by atoms with Crippen LogP contribution in [0, 0.1) is 0 Å². The van der Waals surface area contributed by atoms with Crippen LogP contribution in [-0.4, -0.2) is 27.7 Å². The number of ketones is 1. The highest BCUT2D eigenvalue weighted by Gasteiger charge is 2.29. The number of aliphatic hydroxyl groups excluding tert-OH is 1. The molecular weight excluding hydrogens is 156 g/mol. The normalized spacial score (nSPS) is 13.8. The van der Waals surface area contributed by atoms with E-state index in [1.165, 1.54) is 19.9 Å². The average Bonchev–Trinajstić information content (AvgIpc) is 1.82. The number of hydrogen-bond donors (Lipinski definition) is 2. The summed E-state index contributed by atoms with van der Waals surface area (Å²) in [6.45, 7) is 6.31. The van der Waals surface area contributed by atoms with E-state index in [1.807, 2.05) is 0 Å². The van der Waals surface area contributed by atoms with E-state index in [1.54, 1.807) is 13.8 Å². The maximum atomic E-state index is 11.1. The van der Waals surface area contributed by atoms with Crippen LogP contribution in [0.3, 0.4) is 0 Å². The van der Waals surface area contributed by atoms with Gasteiger partial charge in [-0.1, -0.05) is 5.57 Å². The first-order chi connectivity index (χ1) is 5.25. The molecule has 0 unspecified atom stereocenters. The molecule has 0 aliphatic rings. The second-order valence-electron chi connectivity index (χ2n) is 3.68. The third-order valence-corrected chi connectivity index (χ3v) is 1.37. The zero-order chi connectivity index (χ0) is 9.94. The molecule has 0 bridgehead atoms. The van der Waals surface area contributed by atoms with Gasteiger partial charge >= 0.3 is 0 Å². The Labute approximate surface area is 72.7 Å². The molecule has 0 fully saturated rings. The molecule has 0 heterocycles. The summed E-state index contributed by atoms with van der Waals surface area (Å²) >= 11 is 0. The van der Waals surface area contributed by atoms with E-state index in [4.69, 9.17) is 0 Å². The fourth-order valence-electron chi connectivity index (χ4n) is 0.712. The van der Waals surface area contributed by atoms with Crippen molar-refractivity contribution in [2.24, 2.45) is 0 Å². The first-order valence-corrected chi connectivity index (χ1v) is 3.84. The Balaban J connectivity index is 4.42. The maximum absolute atomic E-state index is 11.1. The lowest BCUT2D eigenvalue weighted by Gasteiger charge is -2.21. The van der Waals surface area contributed by atoms with Gasteiger partial charge in [-0.05, 0) is 33.8 Å². The Morgan fingerprint density at radius 3 is 2.08 bits per heavy atom. The molecule has 0 saturated heterocycles. The van der Waals surface area contributed by atoms with Crippen LogP contribution in [0.25, 0.3) is 0 Å². The molecule has 70 valence electrons. The first kappa shape index (κ1) is 11.3. The summed E-state index contributed by atoms with van der Waals surface area (Å²) in [6.07, 6.45) is -0.0183. The molecule has 0 aromatic heterocycles. The topological polar surface area (TPSA) is 57.5 Å². The lowest BCUT2D eigenvalue weighted by molar-refractivity contribution is -0.134. The molecular formula is C9H16O3. The van der Waals surface area contributed by atoms with Gasteiger partial charge in [0.05, 0.1) is 5.60 Å². The average molecular weight is 172 g/mol. The summed E-state index contributed by atoms with van der Waals surface area (Å²) in [6, 6.07) is 0. The predicted octanol–water partition coefficient (Wildman–Crippen LogP) is 0.653. The molecule has 1 atom stereocenters. The van der Waals surface area contributed by atoms with Gasteiger partial charge in [-0.25, -0.2) is 0 Å². The molecule has 2 N–H and O–H groups in total. The van der Waals surface area contributed by atoms with Crippen molar-refractivity contribution in [1.82, 2.24) is 0 Å². The van der Waals surface area contributed by atoms with E-state index < -0.39 is 17.5 Å². The third-order valence-electron chi connectivity index (χ3n) is 1.37. The number of rotatable bonds is 3. The lowest BCUT2D eigenvalue weighted by Crippen LogP contribution is -2.41. The van der Waals surface area contributed by atoms with Crippen LogP contribution < -0.4 is 0 Å². The highest BCUT2D eigenvalue weighted by Crippen LogP contribution is 2.10. The van der Waals surface area contributed by atoms with Crippen molar-refractivity contribution in [2.75, 3.05) is 0 Å². The van der Waals surface area contributed by atoms with Crippen molar-refractivity contribution < 1.29 is 15.0 Å². The van der Waals surface area contributed by atoms with Gasteiger partial charge in [0, 0.05) is 0 Å². The number of hydrogen-bond acceptors (Lipinski definition) is 3. The number of carbonyl (C=O) groups is 1. The van der Waals surface area contributed by atoms with Crippen molar-refractivity contribution in [3.63, 3.8) is 0 Å². The molecule has 0 aromatic carbocycles. The molecule has 0 aromatic rings. The third kappa shape index (κ3) is 3.64. The first-order valence-electron chi connectivity index (χ1n) is 3.84. The van der Waals surface area contributed by atoms with Crippen molar-refractivity contribution in [2.45, 2.75) is 39.4 Å². The Morgan fingerprint density at radius 1 is 1.42 bits per heavy atom. The SMILES string of the molecule is CC(C)=CC(=O)[C@@H](O)C(C)(C)O. The summed E-state index contributed by atoms with van der Waals surface area (Å²) < 4.78 is 0. The molecule has 0 spiro atoms. The summed E-state index contributed by atoms with van der Waals surface area (Å²) in [4.78, 5) is 11.1. The molecule has 0 aliphatic carbocycles. The van der Waals surface area contributed by atoms with Gasteiger partial charge in [-0.15, -0.1) is 0 Å². The van der Waals surface area contributed by atoms with Gasteiger partial charge in [-0.2, -0.15) is 0 Å². The minimum atomic E-state index is -1.37. The highest BCUT2D eigenvalue weighted by atomic mass is 16.3. The van der Waals surface area contributed by atoms with Gasteiger partial charge in [0.15, 0.2) is 5.78 Å². The minimum absolute atomic E-state index is 0.456. The standard InChI is InChI=1S/C9H16O3/c1-6(2)5-7(10)8(11)9(3,4)12/h5,8,11-12H,1-4H3/t8-/m1/s1. The summed E-state index contributed by atoms with van der Waals surface area (Å²) in [7, 11) is 0. The van der Waals surface area contributed by atoms with E-state index in [0.717, 1.165) is 5.57 Å². The molecule has 0 aliphatic heterocycles. The molecule has 0 rings (SSSR count). The molecule has 0 radical (unpaired) electrons. The molecule has 3 nitrogen and oxygen atoms in total. The number of aliphatic hydroxyl groups is 2. The zero-order valence-electron chi connectivity index (χ0n) is 7.96. The van der Waals surface area contributed by atoms with E-state index >= 15 is 0 Å². The second-order valence-corrected chi connectivity index (χ2v) is 3.68. The maximum Gasteiger partial charge on any atom is 0.186 e. The van der Waals surface area contributed by atoms with Crippen LogP contribution in [0.2, 0.25) is 0 Å². The van der Waals surface area contributed by atoms with Crippen LogP contribution in [-0.2, 0) is 4.79 Å². The molecule has 12 heavy (non-hydrogen) atoms. The second kappa shape index (κ2) is 3.83. The Bertz CT molecular complexity index is 194. The van der Waals surface area contributed by atoms with Crippen molar-refractivity contribution in [1.29, 1.82) is 0 Å². The number of allylic oxidation sites excluding steroid dienone is 1. The van der Waals surface area contributed by atoms with Crippen LogP contribution >= 0.6 is 0 Å². The van der Waals surface area contributed by atoms with Gasteiger partial charge in [-0.3, -0.25) is 4.79 Å². The lowest BCUT2D eigenvalue weighted by atomic mass is 9.97. The van der Waals surface area contributed by atoms with Gasteiger partial charge in [0.1, 0.15) is 6.10 Å². The van der Waals surface area contributed by atoms with Crippen molar-refractivity contribution in [3.8, 4) is 0 Å². The molecule has 0 saturated carbocycles. The molecule has 0 amide bonds. The van der Waals surface area contributed by atoms with E-state index in [-0.39, 0.29) is 0 Å². The Hall–Kier alpha value is -0.670. The van der Waals surface area contributed by atoms with Crippen LogP contribution in [0.1, 0.15) is 27.7 Å². The Kier molecular flexibility index (Phi) is 3.61. The van der Waals surface area contributed by atoms with Gasteiger partial charge < -0.3 is 10.2 Å². The van der Waals surface area contributed by atoms with Crippen LogP contribution in [0.15, 0.2) is 11.6 Å². The zero-order valence-corrected chi connectivity index (χ0v) is 7.96. The monoisotopic (exact) mass is 172 g/mol. The van der Waals surface area contributed by atoms with E-state index in [9.17, 15) is 15.0 Å². The minimum Gasteiger partial charge on any atom is -0.387 e. The van der Waals surface area contributed by atoms with Crippen LogP contribution in [0.4, 0.5) is 0 Å². The van der Waals surface area contributed by atoms with E-state index in [0.29, 0.717) is 0 Å². The molecule has 3 heteroatoms. The summed E-state index contributed by atoms with van der Waals surface area (Å²) in [5.74, 6) is -0.456. The highest BCUT2D eigenvalue weighted by molar-refractivity contribution is 5.94. The van der Waals surface area contributed by atoms with Crippen molar-refractivity contribution >= 4 is 5.78 Å². The predicted molar refractivity (Wildman–Crippen MR) is 46.7 cm³/mol. The van der Waals surface area contributed by atoms with Crippen molar-refractivity contribution in [3.05, 3.63) is 11.6 Å². The smallest absolute Gasteiger partial charge is 0.186 e. The summed E-state index contributed by atoms with van der Waals surface area (Å²) in [5, 5.41) is 18.5. The van der Waals surface area contributed by atoms with Gasteiger partial charge in [0.25, 0.3) is 0 Å². The fraction of sp³-hybridized carbons (Fsp3) is 0.667. The quantitative estimate of drug-likeness (QED) is 0.615. The fourth-order valence-corrected chi connectivity index (χ4v) is 0.712. The van der Waals surface area contributed by atoms with Gasteiger partial charge in [0.2, 0.25) is 0 Å². The number of carbonyl (C=O) groups excluding carboxylic acids is 1. The van der Waals surface area contributed by atoms with E-state index in [2.05, 4.69) is 0 Å². The van der Waals surface area contributed by atoms with Crippen LogP contribution in [0.5, 0.6) is 0 Å².